The highest BCUT2D eigenvalue weighted by molar-refractivity contribution is 5.92. The molecule has 2 aromatic rings. The number of likely N-dealkylation sites (tertiary alicyclic amines) is 1. The van der Waals surface area contributed by atoms with Crippen LogP contribution in [0.25, 0.3) is 0 Å². The lowest BCUT2D eigenvalue weighted by Crippen LogP contribution is -2.37. The van der Waals surface area contributed by atoms with Crippen molar-refractivity contribution >= 4 is 5.91 Å². The van der Waals surface area contributed by atoms with Gasteiger partial charge in [-0.1, -0.05) is 18.2 Å². The van der Waals surface area contributed by atoms with E-state index in [0.717, 1.165) is 30.1 Å². The number of rotatable bonds is 7. The number of methoxy groups -OCH3 is 1. The Morgan fingerprint density at radius 1 is 1.35 bits per heavy atom. The number of amides is 1. The highest BCUT2D eigenvalue weighted by atomic mass is 16.5. The van der Waals surface area contributed by atoms with Crippen molar-refractivity contribution in [2.24, 2.45) is 0 Å². The standard InChI is InChI=1S/C20H26N4O2/c1-26-19-7-3-2-6-15(19)18(24-10-4-5-11-24)13-21-20(25)17-12-16(22-23-17)14-8-9-14/h2-3,6-7,12,14,18H,4-5,8-11,13H2,1H3,(H,21,25)(H,22,23). The second kappa shape index (κ2) is 7.50. The molecule has 1 saturated heterocycles. The highest BCUT2D eigenvalue weighted by Gasteiger charge is 2.28. The first-order valence-electron chi connectivity index (χ1n) is 9.46. The van der Waals surface area contributed by atoms with E-state index in [0.29, 0.717) is 18.2 Å². The molecule has 1 saturated carbocycles. The van der Waals surface area contributed by atoms with E-state index in [1.807, 2.05) is 24.3 Å². The lowest BCUT2D eigenvalue weighted by Gasteiger charge is -2.29. The zero-order valence-corrected chi connectivity index (χ0v) is 15.2. The Kier molecular flexibility index (Phi) is 4.93. The maximum absolute atomic E-state index is 12.6. The van der Waals surface area contributed by atoms with E-state index >= 15 is 0 Å². The number of hydrogen-bond donors (Lipinski definition) is 2. The number of H-pyrrole nitrogens is 1. The van der Waals surface area contributed by atoms with Crippen LogP contribution >= 0.6 is 0 Å². The predicted octanol–water partition coefficient (Wildman–Crippen LogP) is 2.86. The van der Waals surface area contributed by atoms with E-state index in [1.165, 1.54) is 25.7 Å². The summed E-state index contributed by atoms with van der Waals surface area (Å²) in [6, 6.07) is 10.1. The molecule has 2 fully saturated rings. The molecule has 6 nitrogen and oxygen atoms in total. The predicted molar refractivity (Wildman–Crippen MR) is 99.4 cm³/mol. The molecule has 4 rings (SSSR count). The Bertz CT molecular complexity index is 763. The highest BCUT2D eigenvalue weighted by Crippen LogP contribution is 2.39. The molecule has 1 aromatic heterocycles. The van der Waals surface area contributed by atoms with Gasteiger partial charge in [0.05, 0.1) is 13.2 Å². The number of benzene rings is 1. The fraction of sp³-hybridized carbons (Fsp3) is 0.500. The molecule has 26 heavy (non-hydrogen) atoms. The third kappa shape index (κ3) is 3.60. The van der Waals surface area contributed by atoms with Gasteiger partial charge in [0.1, 0.15) is 11.4 Å². The van der Waals surface area contributed by atoms with Crippen LogP contribution in [-0.2, 0) is 0 Å². The molecule has 1 amide bonds. The van der Waals surface area contributed by atoms with Crippen LogP contribution in [0.1, 0.15) is 59.4 Å². The zero-order valence-electron chi connectivity index (χ0n) is 15.2. The van der Waals surface area contributed by atoms with Crippen LogP contribution in [0.3, 0.4) is 0 Å². The molecule has 6 heteroatoms. The summed E-state index contributed by atoms with van der Waals surface area (Å²) in [4.78, 5) is 15.0. The first-order valence-corrected chi connectivity index (χ1v) is 9.46. The fourth-order valence-electron chi connectivity index (χ4n) is 3.77. The molecule has 1 aliphatic heterocycles. The minimum absolute atomic E-state index is 0.111. The summed E-state index contributed by atoms with van der Waals surface area (Å²) in [6.45, 7) is 2.64. The molecule has 1 aliphatic carbocycles. The third-order valence-corrected chi connectivity index (χ3v) is 5.38. The van der Waals surface area contributed by atoms with Crippen molar-refractivity contribution < 1.29 is 9.53 Å². The summed E-state index contributed by atoms with van der Waals surface area (Å²) in [6.07, 6.45) is 4.77. The summed E-state index contributed by atoms with van der Waals surface area (Å²) in [5.41, 5.74) is 2.68. The maximum atomic E-state index is 12.6. The first-order chi connectivity index (χ1) is 12.8. The van der Waals surface area contributed by atoms with Gasteiger partial charge in [-0.15, -0.1) is 0 Å². The van der Waals surface area contributed by atoms with Gasteiger partial charge in [0.25, 0.3) is 5.91 Å². The molecular formula is C20H26N4O2. The van der Waals surface area contributed by atoms with Crippen LogP contribution in [0, 0.1) is 0 Å². The largest absolute Gasteiger partial charge is 0.496 e. The van der Waals surface area contributed by atoms with Crippen molar-refractivity contribution in [2.75, 3.05) is 26.7 Å². The number of nitrogens with one attached hydrogen (secondary N) is 2. The van der Waals surface area contributed by atoms with Gasteiger partial charge in [-0.25, -0.2) is 0 Å². The molecule has 0 spiro atoms. The summed E-state index contributed by atoms with van der Waals surface area (Å²) < 4.78 is 5.56. The van der Waals surface area contributed by atoms with E-state index < -0.39 is 0 Å². The summed E-state index contributed by atoms with van der Waals surface area (Å²) >= 11 is 0. The maximum Gasteiger partial charge on any atom is 0.271 e. The van der Waals surface area contributed by atoms with E-state index in [9.17, 15) is 4.79 Å². The van der Waals surface area contributed by atoms with Crippen LogP contribution in [-0.4, -0.2) is 47.7 Å². The van der Waals surface area contributed by atoms with Gasteiger partial charge in [0.2, 0.25) is 0 Å². The van der Waals surface area contributed by atoms with Gasteiger partial charge < -0.3 is 10.1 Å². The number of nitrogens with zero attached hydrogens (tertiary/aromatic N) is 2. The number of aromatic nitrogens is 2. The molecule has 1 aromatic carbocycles. The van der Waals surface area contributed by atoms with Crippen molar-refractivity contribution in [3.05, 3.63) is 47.3 Å². The Morgan fingerprint density at radius 2 is 2.12 bits per heavy atom. The van der Waals surface area contributed by atoms with Crippen LogP contribution in [0.5, 0.6) is 5.75 Å². The number of hydrogen-bond acceptors (Lipinski definition) is 4. The second-order valence-electron chi connectivity index (χ2n) is 7.19. The zero-order chi connectivity index (χ0) is 17.9. The second-order valence-corrected chi connectivity index (χ2v) is 7.19. The fourth-order valence-corrected chi connectivity index (χ4v) is 3.77. The molecule has 2 heterocycles. The number of aromatic amines is 1. The molecule has 0 radical (unpaired) electrons. The molecule has 2 aliphatic rings. The molecular weight excluding hydrogens is 328 g/mol. The van der Waals surface area contributed by atoms with Gasteiger partial charge >= 0.3 is 0 Å². The first kappa shape index (κ1) is 17.1. The monoisotopic (exact) mass is 354 g/mol. The Hall–Kier alpha value is -2.34. The van der Waals surface area contributed by atoms with Crippen molar-refractivity contribution in [3.63, 3.8) is 0 Å². The van der Waals surface area contributed by atoms with Gasteiger partial charge in [0, 0.05) is 23.7 Å². The quantitative estimate of drug-likeness (QED) is 0.802. The molecule has 2 N–H and O–H groups in total. The van der Waals surface area contributed by atoms with E-state index in [1.54, 1.807) is 7.11 Å². The molecule has 1 atom stereocenters. The van der Waals surface area contributed by atoms with Crippen LogP contribution in [0.2, 0.25) is 0 Å². The van der Waals surface area contributed by atoms with E-state index in [-0.39, 0.29) is 11.9 Å². The topological polar surface area (TPSA) is 70.2 Å². The number of ether oxygens (including phenoxy) is 1. The SMILES string of the molecule is COc1ccccc1C(CNC(=O)c1cc(C2CC2)[nH]n1)N1CCCC1. The summed E-state index contributed by atoms with van der Waals surface area (Å²) in [5, 5.41) is 10.3. The van der Waals surface area contributed by atoms with Crippen LogP contribution in [0.4, 0.5) is 0 Å². The number of carbonyl (C=O) groups excluding carboxylic acids is 1. The Morgan fingerprint density at radius 3 is 2.85 bits per heavy atom. The van der Waals surface area contributed by atoms with Crippen molar-refractivity contribution in [1.29, 1.82) is 0 Å². The van der Waals surface area contributed by atoms with Crippen LogP contribution < -0.4 is 10.1 Å². The molecule has 138 valence electrons. The average molecular weight is 354 g/mol. The lowest BCUT2D eigenvalue weighted by molar-refractivity contribution is 0.0932. The molecule has 1 unspecified atom stereocenters. The van der Waals surface area contributed by atoms with Crippen molar-refractivity contribution in [1.82, 2.24) is 20.4 Å². The summed E-state index contributed by atoms with van der Waals surface area (Å²) in [5.74, 6) is 1.32. The Labute approximate surface area is 153 Å². The van der Waals surface area contributed by atoms with Gasteiger partial charge in [-0.2, -0.15) is 5.10 Å². The number of carbonyl (C=O) groups is 1. The van der Waals surface area contributed by atoms with Crippen molar-refractivity contribution in [2.45, 2.75) is 37.6 Å². The number of para-hydroxylation sites is 1. The van der Waals surface area contributed by atoms with Crippen molar-refractivity contribution in [3.8, 4) is 5.75 Å². The van der Waals surface area contributed by atoms with Gasteiger partial charge in [-0.05, 0) is 50.9 Å². The van der Waals surface area contributed by atoms with Crippen LogP contribution in [0.15, 0.2) is 30.3 Å². The average Bonchev–Trinajstić information content (AvgIpc) is 3.17. The smallest absolute Gasteiger partial charge is 0.271 e. The van der Waals surface area contributed by atoms with Gasteiger partial charge in [0.15, 0.2) is 0 Å². The van der Waals surface area contributed by atoms with E-state index in [4.69, 9.17) is 4.74 Å². The summed E-state index contributed by atoms with van der Waals surface area (Å²) in [7, 11) is 1.70. The normalized spacial score (nSPS) is 18.7. The minimum atomic E-state index is -0.118. The Balaban J connectivity index is 1.48. The van der Waals surface area contributed by atoms with Gasteiger partial charge in [-0.3, -0.25) is 14.8 Å². The van der Waals surface area contributed by atoms with E-state index in [2.05, 4.69) is 26.5 Å². The molecule has 0 bridgehead atoms. The minimum Gasteiger partial charge on any atom is -0.496 e. The third-order valence-electron chi connectivity index (χ3n) is 5.38. The lowest BCUT2D eigenvalue weighted by atomic mass is 10.0.